The fourth-order valence-corrected chi connectivity index (χ4v) is 2.87. The van der Waals surface area contributed by atoms with Crippen LogP contribution in [0.5, 0.6) is 0 Å². The number of unbranched alkanes of at least 4 members (excludes halogenated alkanes) is 1. The molecule has 0 saturated carbocycles. The minimum absolute atomic E-state index is 0.219. The van der Waals surface area contributed by atoms with Gasteiger partial charge in [-0.1, -0.05) is 18.2 Å². The molecule has 2 heterocycles. The van der Waals surface area contributed by atoms with Crippen LogP contribution in [0.25, 0.3) is 5.65 Å². The maximum absolute atomic E-state index is 12.4. The van der Waals surface area contributed by atoms with Gasteiger partial charge in [0.1, 0.15) is 0 Å². The van der Waals surface area contributed by atoms with E-state index in [2.05, 4.69) is 20.5 Å². The summed E-state index contributed by atoms with van der Waals surface area (Å²) in [7, 11) is 1.35. The number of benzene rings is 1. The van der Waals surface area contributed by atoms with Crippen LogP contribution >= 0.6 is 0 Å². The number of fused-ring (bicyclic) bond motifs is 1. The molecular weight excluding hydrogens is 374 g/mol. The highest BCUT2D eigenvalue weighted by Crippen LogP contribution is 2.11. The minimum atomic E-state index is -0.329. The van der Waals surface area contributed by atoms with Crippen molar-refractivity contribution in [1.29, 1.82) is 0 Å². The Balaban J connectivity index is 1.54. The normalized spacial score (nSPS) is 10.7. The maximum atomic E-state index is 12.4. The van der Waals surface area contributed by atoms with E-state index in [-0.39, 0.29) is 17.7 Å². The molecule has 29 heavy (non-hydrogen) atoms. The van der Waals surface area contributed by atoms with Crippen molar-refractivity contribution in [3.63, 3.8) is 0 Å². The summed E-state index contributed by atoms with van der Waals surface area (Å²) in [6.07, 6.45) is 3.34. The Morgan fingerprint density at radius 2 is 2.00 bits per heavy atom. The SMILES string of the molecule is COC(=O)CCCCNC(=O)Nc1cccc(Cn2nc3ccccn3c2=O)c1. The van der Waals surface area contributed by atoms with E-state index in [1.807, 2.05) is 18.2 Å². The molecule has 3 rings (SSSR count). The van der Waals surface area contributed by atoms with Crippen LogP contribution in [-0.2, 0) is 16.1 Å². The van der Waals surface area contributed by atoms with Gasteiger partial charge in [0, 0.05) is 24.8 Å². The highest BCUT2D eigenvalue weighted by molar-refractivity contribution is 5.89. The van der Waals surface area contributed by atoms with Gasteiger partial charge < -0.3 is 15.4 Å². The predicted octanol–water partition coefficient (Wildman–Crippen LogP) is 2.01. The van der Waals surface area contributed by atoms with Crippen LogP contribution in [0.3, 0.4) is 0 Å². The van der Waals surface area contributed by atoms with Gasteiger partial charge in [0.15, 0.2) is 5.65 Å². The molecule has 1 aromatic carbocycles. The maximum Gasteiger partial charge on any atom is 0.350 e. The van der Waals surface area contributed by atoms with E-state index < -0.39 is 0 Å². The van der Waals surface area contributed by atoms with Crippen molar-refractivity contribution in [2.24, 2.45) is 0 Å². The lowest BCUT2D eigenvalue weighted by Gasteiger charge is -2.09. The first-order valence-electron chi connectivity index (χ1n) is 9.31. The van der Waals surface area contributed by atoms with Crippen molar-refractivity contribution >= 4 is 23.3 Å². The number of hydrogen-bond donors (Lipinski definition) is 2. The van der Waals surface area contributed by atoms with E-state index in [0.717, 1.165) is 5.56 Å². The molecule has 0 radical (unpaired) electrons. The summed E-state index contributed by atoms with van der Waals surface area (Å²) in [6, 6.07) is 12.3. The lowest BCUT2D eigenvalue weighted by molar-refractivity contribution is -0.140. The molecule has 152 valence electrons. The van der Waals surface area contributed by atoms with Crippen LogP contribution < -0.4 is 16.3 Å². The van der Waals surface area contributed by atoms with Crippen LogP contribution in [0.4, 0.5) is 10.5 Å². The zero-order valence-electron chi connectivity index (χ0n) is 16.1. The van der Waals surface area contributed by atoms with Crippen LogP contribution in [0.2, 0.25) is 0 Å². The smallest absolute Gasteiger partial charge is 0.350 e. The number of anilines is 1. The zero-order chi connectivity index (χ0) is 20.6. The Labute approximate surface area is 167 Å². The van der Waals surface area contributed by atoms with Gasteiger partial charge in [-0.2, -0.15) is 0 Å². The molecule has 0 saturated heterocycles. The first-order valence-corrected chi connectivity index (χ1v) is 9.31. The van der Waals surface area contributed by atoms with E-state index in [1.54, 1.807) is 30.5 Å². The van der Waals surface area contributed by atoms with Crippen molar-refractivity contribution in [3.05, 3.63) is 64.7 Å². The number of carbonyl (C=O) groups excluding carboxylic acids is 2. The third-order valence-electron chi connectivity index (χ3n) is 4.33. The van der Waals surface area contributed by atoms with Gasteiger partial charge in [0.05, 0.1) is 13.7 Å². The summed E-state index contributed by atoms with van der Waals surface area (Å²) in [6.45, 7) is 0.754. The number of rotatable bonds is 8. The summed E-state index contributed by atoms with van der Waals surface area (Å²) in [5.41, 5.74) is 1.82. The molecule has 9 nitrogen and oxygen atoms in total. The lowest BCUT2D eigenvalue weighted by Crippen LogP contribution is -2.29. The number of aromatic nitrogens is 3. The largest absolute Gasteiger partial charge is 0.469 e. The van der Waals surface area contributed by atoms with E-state index in [4.69, 9.17) is 0 Å². The average Bonchev–Trinajstić information content (AvgIpc) is 3.03. The number of hydrogen-bond acceptors (Lipinski definition) is 5. The predicted molar refractivity (Wildman–Crippen MR) is 108 cm³/mol. The van der Waals surface area contributed by atoms with Gasteiger partial charge in [0.25, 0.3) is 0 Å². The van der Waals surface area contributed by atoms with E-state index in [1.165, 1.54) is 16.2 Å². The standard InChI is InChI=1S/C20H23N5O4/c1-29-18(26)10-2-4-11-21-19(27)22-16-8-6-7-15(13-16)14-25-20(28)24-12-5-3-9-17(24)23-25/h3,5-9,12-13H,2,4,10-11,14H2,1H3,(H2,21,22,27). The molecule has 0 spiro atoms. The second kappa shape index (κ2) is 9.54. The van der Waals surface area contributed by atoms with E-state index in [0.29, 0.717) is 43.7 Å². The van der Waals surface area contributed by atoms with Crippen LogP contribution in [0, 0.1) is 0 Å². The van der Waals surface area contributed by atoms with Crippen LogP contribution in [0.1, 0.15) is 24.8 Å². The van der Waals surface area contributed by atoms with Crippen molar-refractivity contribution in [3.8, 4) is 0 Å². The molecule has 0 atom stereocenters. The molecule has 0 bridgehead atoms. The number of pyridine rings is 1. The highest BCUT2D eigenvalue weighted by atomic mass is 16.5. The lowest BCUT2D eigenvalue weighted by atomic mass is 10.2. The van der Waals surface area contributed by atoms with Gasteiger partial charge in [-0.3, -0.25) is 9.20 Å². The quantitative estimate of drug-likeness (QED) is 0.447. The molecule has 0 unspecified atom stereocenters. The Hall–Kier alpha value is -3.62. The van der Waals surface area contributed by atoms with Crippen molar-refractivity contribution in [2.75, 3.05) is 19.0 Å². The molecule has 2 amide bonds. The Bertz CT molecular complexity index is 1060. The van der Waals surface area contributed by atoms with E-state index >= 15 is 0 Å². The summed E-state index contributed by atoms with van der Waals surface area (Å²) in [4.78, 5) is 35.4. The van der Waals surface area contributed by atoms with Gasteiger partial charge in [-0.15, -0.1) is 5.10 Å². The van der Waals surface area contributed by atoms with Crippen molar-refractivity contribution < 1.29 is 14.3 Å². The van der Waals surface area contributed by atoms with Gasteiger partial charge in [-0.05, 0) is 42.7 Å². The Morgan fingerprint density at radius 1 is 1.14 bits per heavy atom. The van der Waals surface area contributed by atoms with E-state index in [9.17, 15) is 14.4 Å². The van der Waals surface area contributed by atoms with Crippen LogP contribution in [0.15, 0.2) is 53.5 Å². The van der Waals surface area contributed by atoms with Crippen LogP contribution in [-0.4, -0.2) is 39.8 Å². The number of nitrogens with one attached hydrogen (secondary N) is 2. The van der Waals surface area contributed by atoms with Crippen molar-refractivity contribution in [1.82, 2.24) is 19.5 Å². The number of nitrogens with zero attached hydrogens (tertiary/aromatic N) is 3. The molecular formula is C20H23N5O4. The number of methoxy groups -OCH3 is 1. The third kappa shape index (κ3) is 5.44. The number of ether oxygens (including phenoxy) is 1. The molecule has 0 aliphatic rings. The summed E-state index contributed by atoms with van der Waals surface area (Å²) in [5, 5.41) is 9.82. The molecule has 9 heteroatoms. The fourth-order valence-electron chi connectivity index (χ4n) is 2.87. The van der Waals surface area contributed by atoms with Crippen molar-refractivity contribution in [2.45, 2.75) is 25.8 Å². The van der Waals surface area contributed by atoms with Gasteiger partial charge in [0.2, 0.25) is 0 Å². The molecule has 0 fully saturated rings. The molecule has 0 aliphatic carbocycles. The first kappa shape index (κ1) is 20.1. The molecule has 0 aliphatic heterocycles. The molecule has 2 aromatic heterocycles. The molecule has 2 N–H and O–H groups in total. The van der Waals surface area contributed by atoms with Gasteiger partial charge >= 0.3 is 17.7 Å². The van der Waals surface area contributed by atoms with Gasteiger partial charge in [-0.25, -0.2) is 14.3 Å². The topological polar surface area (TPSA) is 107 Å². The number of carbonyl (C=O) groups is 2. The number of esters is 1. The Kier molecular flexibility index (Phi) is 6.62. The fraction of sp³-hybridized carbons (Fsp3) is 0.300. The molecule has 3 aromatic rings. The summed E-state index contributed by atoms with van der Waals surface area (Å²) in [5.74, 6) is -0.254. The monoisotopic (exact) mass is 397 g/mol. The summed E-state index contributed by atoms with van der Waals surface area (Å²) < 4.78 is 7.44. The summed E-state index contributed by atoms with van der Waals surface area (Å²) >= 11 is 0. The Morgan fingerprint density at radius 3 is 2.79 bits per heavy atom. The zero-order valence-corrected chi connectivity index (χ0v) is 16.1. The minimum Gasteiger partial charge on any atom is -0.469 e. The number of amides is 2. The third-order valence-corrected chi connectivity index (χ3v) is 4.33. The first-order chi connectivity index (χ1) is 14.1. The average molecular weight is 397 g/mol. The number of urea groups is 1. The highest BCUT2D eigenvalue weighted by Gasteiger charge is 2.08. The second-order valence-electron chi connectivity index (χ2n) is 6.48. The second-order valence-corrected chi connectivity index (χ2v) is 6.48.